The molecule has 0 saturated carbocycles. The summed E-state index contributed by atoms with van der Waals surface area (Å²) >= 11 is 0. The molecule has 0 aliphatic carbocycles. The zero-order valence-corrected chi connectivity index (χ0v) is 13.2. The summed E-state index contributed by atoms with van der Waals surface area (Å²) in [6.07, 6.45) is 1.03. The molecule has 1 fully saturated rings. The van der Waals surface area contributed by atoms with Crippen molar-refractivity contribution in [3.05, 3.63) is 34.9 Å². The quantitative estimate of drug-likeness (QED) is 0.914. The standard InChI is InChI=1S/C17H26N2O/c1-6-12(4)15-17(20)19(7-2)16(18-15)14-10-11(3)8-9-13(14)5/h8-10,12,15-16,18H,6-7H2,1-5H3. The molecule has 3 heteroatoms. The lowest BCUT2D eigenvalue weighted by Gasteiger charge is -2.24. The van der Waals surface area contributed by atoms with Gasteiger partial charge in [-0.15, -0.1) is 0 Å². The van der Waals surface area contributed by atoms with Gasteiger partial charge in [0.05, 0.1) is 6.04 Å². The zero-order valence-electron chi connectivity index (χ0n) is 13.2. The first-order valence-corrected chi connectivity index (χ1v) is 7.63. The van der Waals surface area contributed by atoms with Crippen LogP contribution in [0.15, 0.2) is 18.2 Å². The predicted molar refractivity (Wildman–Crippen MR) is 82.4 cm³/mol. The van der Waals surface area contributed by atoms with E-state index in [0.717, 1.165) is 13.0 Å². The Bertz CT molecular complexity index is 498. The van der Waals surface area contributed by atoms with Crippen LogP contribution in [0.5, 0.6) is 0 Å². The second-order valence-electron chi connectivity index (χ2n) is 5.92. The van der Waals surface area contributed by atoms with Crippen molar-refractivity contribution >= 4 is 5.91 Å². The SMILES string of the molecule is CCC(C)C1NC(c2cc(C)ccc2C)N(CC)C1=O. The molecule has 20 heavy (non-hydrogen) atoms. The lowest BCUT2D eigenvalue weighted by atomic mass is 9.99. The van der Waals surface area contributed by atoms with Crippen LogP contribution in [-0.4, -0.2) is 23.4 Å². The molecule has 1 saturated heterocycles. The zero-order chi connectivity index (χ0) is 14.9. The van der Waals surface area contributed by atoms with E-state index in [1.165, 1.54) is 16.7 Å². The number of amides is 1. The van der Waals surface area contributed by atoms with Crippen LogP contribution in [-0.2, 0) is 4.79 Å². The van der Waals surface area contributed by atoms with Gasteiger partial charge in [0.25, 0.3) is 0 Å². The van der Waals surface area contributed by atoms with Gasteiger partial charge in [-0.25, -0.2) is 0 Å². The molecule has 2 rings (SSSR count). The minimum Gasteiger partial charge on any atom is -0.322 e. The number of nitrogens with zero attached hydrogens (tertiary/aromatic N) is 1. The fourth-order valence-corrected chi connectivity index (χ4v) is 2.93. The van der Waals surface area contributed by atoms with Crippen LogP contribution in [0.1, 0.15) is 50.0 Å². The molecule has 1 heterocycles. The molecule has 3 nitrogen and oxygen atoms in total. The lowest BCUT2D eigenvalue weighted by molar-refractivity contribution is -0.130. The third-order valence-corrected chi connectivity index (χ3v) is 4.48. The number of carbonyl (C=O) groups is 1. The van der Waals surface area contributed by atoms with Gasteiger partial charge in [-0.2, -0.15) is 0 Å². The minimum absolute atomic E-state index is 0.0198. The molecule has 110 valence electrons. The number of benzene rings is 1. The van der Waals surface area contributed by atoms with Crippen molar-refractivity contribution in [2.45, 2.75) is 53.2 Å². The van der Waals surface area contributed by atoms with E-state index in [0.29, 0.717) is 5.92 Å². The first kappa shape index (κ1) is 15.0. The highest BCUT2D eigenvalue weighted by atomic mass is 16.2. The smallest absolute Gasteiger partial charge is 0.241 e. The lowest BCUT2D eigenvalue weighted by Crippen LogP contribution is -2.35. The third kappa shape index (κ3) is 2.59. The maximum Gasteiger partial charge on any atom is 0.241 e. The van der Waals surface area contributed by atoms with Crippen molar-refractivity contribution in [2.75, 3.05) is 6.54 Å². The Morgan fingerprint density at radius 2 is 2.00 bits per heavy atom. The van der Waals surface area contributed by atoms with E-state index < -0.39 is 0 Å². The van der Waals surface area contributed by atoms with E-state index in [2.05, 4.69) is 58.1 Å². The Morgan fingerprint density at radius 1 is 1.30 bits per heavy atom. The molecular formula is C17H26N2O. The Morgan fingerprint density at radius 3 is 2.60 bits per heavy atom. The van der Waals surface area contributed by atoms with Crippen LogP contribution in [0, 0.1) is 19.8 Å². The Balaban J connectivity index is 2.35. The predicted octanol–water partition coefficient (Wildman–Crippen LogP) is 3.17. The molecule has 1 amide bonds. The van der Waals surface area contributed by atoms with E-state index >= 15 is 0 Å². The third-order valence-electron chi connectivity index (χ3n) is 4.48. The van der Waals surface area contributed by atoms with Gasteiger partial charge in [0.1, 0.15) is 6.17 Å². The minimum atomic E-state index is -0.0511. The van der Waals surface area contributed by atoms with Crippen molar-refractivity contribution < 1.29 is 4.79 Å². The van der Waals surface area contributed by atoms with Gasteiger partial charge in [-0.3, -0.25) is 10.1 Å². The maximum atomic E-state index is 12.6. The fourth-order valence-electron chi connectivity index (χ4n) is 2.93. The largest absolute Gasteiger partial charge is 0.322 e. The van der Waals surface area contributed by atoms with Crippen LogP contribution in [0.4, 0.5) is 0 Å². The number of rotatable bonds is 4. The van der Waals surface area contributed by atoms with Crippen LogP contribution in [0.2, 0.25) is 0 Å². The summed E-state index contributed by atoms with van der Waals surface area (Å²) in [5, 5.41) is 3.55. The van der Waals surface area contributed by atoms with E-state index in [1.54, 1.807) is 0 Å². The number of nitrogens with one attached hydrogen (secondary N) is 1. The second-order valence-corrected chi connectivity index (χ2v) is 5.92. The van der Waals surface area contributed by atoms with Gasteiger partial charge in [0, 0.05) is 6.54 Å². The van der Waals surface area contributed by atoms with Crippen molar-refractivity contribution in [2.24, 2.45) is 5.92 Å². The van der Waals surface area contributed by atoms with Gasteiger partial charge in [0.2, 0.25) is 5.91 Å². The van der Waals surface area contributed by atoms with Gasteiger partial charge in [0.15, 0.2) is 0 Å². The molecule has 1 aliphatic heterocycles. The molecule has 3 atom stereocenters. The summed E-state index contributed by atoms with van der Waals surface area (Å²) in [5.41, 5.74) is 3.71. The van der Waals surface area contributed by atoms with Crippen LogP contribution >= 0.6 is 0 Å². The molecule has 0 bridgehead atoms. The molecular weight excluding hydrogens is 248 g/mol. The summed E-state index contributed by atoms with van der Waals surface area (Å²) < 4.78 is 0. The van der Waals surface area contributed by atoms with Gasteiger partial charge < -0.3 is 4.90 Å². The molecule has 0 aromatic heterocycles. The number of hydrogen-bond donors (Lipinski definition) is 1. The summed E-state index contributed by atoms with van der Waals surface area (Å²) in [5.74, 6) is 0.611. The number of aryl methyl sites for hydroxylation is 2. The van der Waals surface area contributed by atoms with Crippen molar-refractivity contribution in [3.63, 3.8) is 0 Å². The normalized spacial score (nSPS) is 24.2. The second kappa shape index (κ2) is 5.96. The van der Waals surface area contributed by atoms with E-state index in [4.69, 9.17) is 0 Å². The first-order chi connectivity index (χ1) is 9.49. The number of carbonyl (C=O) groups excluding carboxylic acids is 1. The average molecular weight is 274 g/mol. The van der Waals surface area contributed by atoms with Crippen LogP contribution in [0.25, 0.3) is 0 Å². The Labute approximate surface area is 122 Å². The highest BCUT2D eigenvalue weighted by Crippen LogP contribution is 2.30. The summed E-state index contributed by atoms with van der Waals surface area (Å²) in [4.78, 5) is 14.6. The van der Waals surface area contributed by atoms with Gasteiger partial charge >= 0.3 is 0 Å². The highest BCUT2D eigenvalue weighted by molar-refractivity contribution is 5.85. The summed E-state index contributed by atoms with van der Waals surface area (Å²) in [6.45, 7) is 11.3. The summed E-state index contributed by atoms with van der Waals surface area (Å²) in [6, 6.07) is 6.41. The van der Waals surface area contributed by atoms with E-state index in [1.807, 2.05) is 4.90 Å². The van der Waals surface area contributed by atoms with Crippen molar-refractivity contribution in [1.82, 2.24) is 10.2 Å². The van der Waals surface area contributed by atoms with E-state index in [-0.39, 0.29) is 18.1 Å². The molecule has 0 radical (unpaired) electrons. The summed E-state index contributed by atoms with van der Waals surface area (Å²) in [7, 11) is 0. The first-order valence-electron chi connectivity index (χ1n) is 7.63. The molecule has 1 aromatic carbocycles. The number of likely N-dealkylation sites (N-methyl/N-ethyl adjacent to an activating group) is 1. The highest BCUT2D eigenvalue weighted by Gasteiger charge is 2.41. The fraction of sp³-hybridized carbons (Fsp3) is 0.588. The number of hydrogen-bond acceptors (Lipinski definition) is 2. The molecule has 0 spiro atoms. The monoisotopic (exact) mass is 274 g/mol. The topological polar surface area (TPSA) is 32.3 Å². The molecule has 1 N–H and O–H groups in total. The Hall–Kier alpha value is -1.35. The molecule has 1 aliphatic rings. The molecule has 1 aromatic rings. The van der Waals surface area contributed by atoms with Crippen LogP contribution in [0.3, 0.4) is 0 Å². The average Bonchev–Trinajstić information content (AvgIpc) is 2.77. The van der Waals surface area contributed by atoms with Gasteiger partial charge in [-0.1, -0.05) is 44.0 Å². The van der Waals surface area contributed by atoms with Crippen molar-refractivity contribution in [3.8, 4) is 0 Å². The van der Waals surface area contributed by atoms with Crippen molar-refractivity contribution in [1.29, 1.82) is 0 Å². The van der Waals surface area contributed by atoms with Gasteiger partial charge in [-0.05, 0) is 37.8 Å². The van der Waals surface area contributed by atoms with E-state index in [9.17, 15) is 4.79 Å². The van der Waals surface area contributed by atoms with Crippen LogP contribution < -0.4 is 5.32 Å². The molecule has 3 unspecified atom stereocenters. The Kier molecular flexibility index (Phi) is 4.48. The maximum absolute atomic E-state index is 12.6.